The summed E-state index contributed by atoms with van der Waals surface area (Å²) in [4.78, 5) is 0. The average Bonchev–Trinajstić information content (AvgIpc) is 1.85. The molecule has 59 valence electrons. The van der Waals surface area contributed by atoms with E-state index in [2.05, 4.69) is 12.1 Å². The highest BCUT2D eigenvalue weighted by Crippen LogP contribution is 2.06. The van der Waals surface area contributed by atoms with Crippen molar-refractivity contribution in [2.75, 3.05) is 14.1 Å². The number of quaternary nitrogens is 1. The number of hydrogen-bond acceptors (Lipinski definition) is 0. The van der Waals surface area contributed by atoms with Crippen LogP contribution in [0.2, 0.25) is 0 Å². The highest BCUT2D eigenvalue weighted by Gasteiger charge is 1.99. The van der Waals surface area contributed by atoms with E-state index in [4.69, 9.17) is 7.05 Å². The van der Waals surface area contributed by atoms with E-state index >= 15 is 0 Å². The Labute approximate surface area is 68.9 Å². The second-order valence-electron chi connectivity index (χ2n) is 3.42. The summed E-state index contributed by atoms with van der Waals surface area (Å²) in [5.41, 5.74) is 1.28. The fraction of sp³-hybridized carbons (Fsp3) is 0.300. The summed E-state index contributed by atoms with van der Waals surface area (Å²) < 4.78 is 0.490. The van der Waals surface area contributed by atoms with Crippen LogP contribution in [0.25, 0.3) is 0 Å². The van der Waals surface area contributed by atoms with Crippen molar-refractivity contribution in [1.82, 2.24) is 0 Å². The zero-order valence-corrected chi connectivity index (χ0v) is 7.12. The van der Waals surface area contributed by atoms with Crippen LogP contribution in [0.4, 0.5) is 0 Å². The molecule has 11 heavy (non-hydrogen) atoms. The van der Waals surface area contributed by atoms with Crippen LogP contribution < -0.4 is 0 Å². The van der Waals surface area contributed by atoms with E-state index < -0.39 is 0 Å². The van der Waals surface area contributed by atoms with Crippen molar-refractivity contribution in [3.05, 3.63) is 42.9 Å². The molecule has 1 rings (SSSR count). The van der Waals surface area contributed by atoms with Crippen molar-refractivity contribution in [3.8, 4) is 0 Å². The summed E-state index contributed by atoms with van der Waals surface area (Å²) in [5.74, 6) is 0. The van der Waals surface area contributed by atoms with Gasteiger partial charge in [0.05, 0.1) is 6.54 Å². The Kier molecular flexibility index (Phi) is 2.30. The fourth-order valence-electron chi connectivity index (χ4n) is 1.05. The predicted octanol–water partition coefficient (Wildman–Crippen LogP) is 1.93. The zero-order valence-electron chi connectivity index (χ0n) is 7.12. The molecule has 0 atom stereocenters. The standard InChI is InChI=1S/C10H14N/c1-11(2,3)9-10-7-5-4-6-8-10/h1,4-8H,9H2,2-3H3. The van der Waals surface area contributed by atoms with Gasteiger partial charge in [-0.1, -0.05) is 30.3 Å². The molecule has 1 aromatic rings. The molecular weight excluding hydrogens is 134 g/mol. The minimum absolute atomic E-state index is 0.490. The molecular formula is C10H14N. The number of nitrogens with zero attached hydrogens (tertiary/aromatic N) is 1. The Bertz CT molecular complexity index is 208. The number of rotatable bonds is 2. The van der Waals surface area contributed by atoms with Crippen LogP contribution in [0, 0.1) is 7.05 Å². The zero-order chi connectivity index (χ0) is 8.32. The topological polar surface area (TPSA) is 0 Å². The minimum Gasteiger partial charge on any atom is -0.478 e. The molecule has 1 aromatic carbocycles. The lowest BCUT2D eigenvalue weighted by atomic mass is 10.2. The Morgan fingerprint density at radius 3 is 2.18 bits per heavy atom. The van der Waals surface area contributed by atoms with Crippen molar-refractivity contribution >= 4 is 0 Å². The normalized spacial score (nSPS) is 11.5. The largest absolute Gasteiger partial charge is 0.478 e. The van der Waals surface area contributed by atoms with Gasteiger partial charge in [-0.05, 0) is 0 Å². The third kappa shape index (κ3) is 3.19. The van der Waals surface area contributed by atoms with Crippen LogP contribution in [-0.2, 0) is 6.54 Å². The van der Waals surface area contributed by atoms with Gasteiger partial charge in [0, 0.05) is 19.7 Å². The first-order valence-electron chi connectivity index (χ1n) is 3.73. The predicted molar refractivity (Wildman–Crippen MR) is 46.6 cm³/mol. The molecule has 0 spiro atoms. The van der Waals surface area contributed by atoms with Gasteiger partial charge in [0.1, 0.15) is 0 Å². The molecule has 0 aliphatic rings. The summed E-state index contributed by atoms with van der Waals surface area (Å²) in [6.45, 7) is 0.876. The highest BCUT2D eigenvalue weighted by atomic mass is 15.3. The second-order valence-corrected chi connectivity index (χ2v) is 3.42. The number of hydrogen-bond donors (Lipinski definition) is 0. The SMILES string of the molecule is [CH-][N+](C)(C)Cc1ccccc1. The summed E-state index contributed by atoms with van der Waals surface area (Å²) in [6.07, 6.45) is 0. The molecule has 0 saturated heterocycles. The van der Waals surface area contributed by atoms with Crippen LogP contribution in [0.3, 0.4) is 0 Å². The molecule has 0 N–H and O–H groups in total. The van der Waals surface area contributed by atoms with E-state index in [1.165, 1.54) is 5.56 Å². The van der Waals surface area contributed by atoms with Gasteiger partial charge in [0.15, 0.2) is 0 Å². The maximum Gasteiger partial charge on any atom is 0.0784 e. The first-order valence-corrected chi connectivity index (χ1v) is 3.73. The smallest absolute Gasteiger partial charge is 0.0784 e. The molecule has 0 aliphatic heterocycles. The van der Waals surface area contributed by atoms with Crippen LogP contribution in [-0.4, -0.2) is 18.6 Å². The lowest BCUT2D eigenvalue weighted by Crippen LogP contribution is -2.30. The molecule has 1 heteroatoms. The van der Waals surface area contributed by atoms with Crippen molar-refractivity contribution in [2.45, 2.75) is 6.54 Å². The Morgan fingerprint density at radius 1 is 1.18 bits per heavy atom. The first-order chi connectivity index (χ1) is 5.08. The average molecular weight is 148 g/mol. The Balaban J connectivity index is 2.66. The van der Waals surface area contributed by atoms with Gasteiger partial charge in [-0.3, -0.25) is 0 Å². The summed E-state index contributed by atoms with van der Waals surface area (Å²) in [5, 5.41) is 0. The minimum atomic E-state index is 0.490. The first kappa shape index (κ1) is 8.28. The van der Waals surface area contributed by atoms with E-state index in [0.717, 1.165) is 6.54 Å². The molecule has 0 amide bonds. The fourth-order valence-corrected chi connectivity index (χ4v) is 1.05. The maximum absolute atomic E-state index is 5.80. The summed E-state index contributed by atoms with van der Waals surface area (Å²) in [6, 6.07) is 10.3. The van der Waals surface area contributed by atoms with Gasteiger partial charge in [-0.2, -0.15) is 0 Å². The van der Waals surface area contributed by atoms with Gasteiger partial charge in [0.25, 0.3) is 0 Å². The molecule has 0 heterocycles. The molecule has 0 unspecified atom stereocenters. The van der Waals surface area contributed by atoms with Gasteiger partial charge in [0.2, 0.25) is 0 Å². The van der Waals surface area contributed by atoms with E-state index in [-0.39, 0.29) is 0 Å². The number of benzene rings is 1. The van der Waals surface area contributed by atoms with Crippen LogP contribution >= 0.6 is 0 Å². The van der Waals surface area contributed by atoms with Crippen molar-refractivity contribution in [3.63, 3.8) is 0 Å². The summed E-state index contributed by atoms with van der Waals surface area (Å²) >= 11 is 0. The maximum atomic E-state index is 5.80. The second kappa shape index (κ2) is 3.05. The summed E-state index contributed by atoms with van der Waals surface area (Å²) in [7, 11) is 9.76. The van der Waals surface area contributed by atoms with Crippen molar-refractivity contribution < 1.29 is 4.48 Å². The van der Waals surface area contributed by atoms with E-state index in [1.807, 2.05) is 32.3 Å². The van der Waals surface area contributed by atoms with E-state index in [1.54, 1.807) is 0 Å². The molecule has 0 bridgehead atoms. The Morgan fingerprint density at radius 2 is 1.73 bits per heavy atom. The van der Waals surface area contributed by atoms with Crippen LogP contribution in [0.1, 0.15) is 5.56 Å². The molecule has 0 aliphatic carbocycles. The molecule has 1 radical (unpaired) electrons. The van der Waals surface area contributed by atoms with E-state index in [9.17, 15) is 0 Å². The molecule has 0 saturated carbocycles. The third-order valence-corrected chi connectivity index (χ3v) is 1.43. The molecule has 0 aromatic heterocycles. The quantitative estimate of drug-likeness (QED) is 0.444. The molecule has 0 fully saturated rings. The molecule has 1 nitrogen and oxygen atoms in total. The lowest BCUT2D eigenvalue weighted by Gasteiger charge is -2.34. The third-order valence-electron chi connectivity index (χ3n) is 1.43. The lowest BCUT2D eigenvalue weighted by molar-refractivity contribution is -0.859. The van der Waals surface area contributed by atoms with Gasteiger partial charge >= 0.3 is 0 Å². The van der Waals surface area contributed by atoms with Gasteiger partial charge in [-0.15, -0.1) is 0 Å². The van der Waals surface area contributed by atoms with E-state index in [0.29, 0.717) is 4.48 Å². The van der Waals surface area contributed by atoms with Crippen LogP contribution in [0.5, 0.6) is 0 Å². The van der Waals surface area contributed by atoms with Crippen molar-refractivity contribution in [1.29, 1.82) is 0 Å². The van der Waals surface area contributed by atoms with Crippen LogP contribution in [0.15, 0.2) is 30.3 Å². The van der Waals surface area contributed by atoms with Gasteiger partial charge < -0.3 is 4.48 Å². The Hall–Kier alpha value is -0.820. The van der Waals surface area contributed by atoms with Crippen molar-refractivity contribution in [2.24, 2.45) is 0 Å². The monoisotopic (exact) mass is 148 g/mol. The van der Waals surface area contributed by atoms with Gasteiger partial charge in [-0.25, -0.2) is 7.05 Å². The highest BCUT2D eigenvalue weighted by molar-refractivity contribution is 5.13.